The van der Waals surface area contributed by atoms with Gasteiger partial charge in [0.2, 0.25) is 23.8 Å². The highest BCUT2D eigenvalue weighted by Crippen LogP contribution is 2.48. The number of carboxylic acids is 2. The molecule has 642 valence electrons. The summed E-state index contributed by atoms with van der Waals surface area (Å²) in [6, 6.07) is 26.2. The van der Waals surface area contributed by atoms with Crippen molar-refractivity contribution in [2.45, 2.75) is 29.4 Å². The van der Waals surface area contributed by atoms with Gasteiger partial charge in [-0.1, -0.05) is 72.8 Å². The molecular weight excluding hydrogens is 1780 g/mol. The van der Waals surface area contributed by atoms with Gasteiger partial charge in [-0.15, -0.1) is 0 Å². The summed E-state index contributed by atoms with van der Waals surface area (Å²) in [6.45, 7) is -0.908. The van der Waals surface area contributed by atoms with Gasteiger partial charge in [-0.2, -0.15) is 80.4 Å². The molecule has 4 aromatic heterocycles. The van der Waals surface area contributed by atoms with Gasteiger partial charge in [-0.05, 0) is 102 Å². The molecule has 2 aliphatic rings. The lowest BCUT2D eigenvalue weighted by Crippen LogP contribution is -2.29. The first-order valence-corrected chi connectivity index (χ1v) is 44.0. The first-order chi connectivity index (χ1) is 59.1. The molecule has 0 spiro atoms. The normalized spacial score (nSPS) is 12.6. The number of fused-ring (bicyclic) bond motifs is 4. The Morgan fingerprint density at radius 2 is 0.722 bits per heavy atom. The van der Waals surface area contributed by atoms with Crippen molar-refractivity contribution in [3.63, 3.8) is 0 Å². The van der Waals surface area contributed by atoms with Crippen LogP contribution >= 0.6 is 0 Å². The molecule has 0 fully saturated rings. The maximum absolute atomic E-state index is 15.0. The van der Waals surface area contributed by atoms with Crippen molar-refractivity contribution in [3.05, 3.63) is 240 Å². The molecule has 2 aliphatic carbocycles. The summed E-state index contributed by atoms with van der Waals surface area (Å²) in [5, 5.41) is 46.0. The van der Waals surface area contributed by atoms with E-state index in [2.05, 4.69) is 61.8 Å². The van der Waals surface area contributed by atoms with Gasteiger partial charge < -0.3 is 61.1 Å². The maximum Gasteiger partial charge on any atom is 0.335 e. The zero-order valence-corrected chi connectivity index (χ0v) is 68.0. The minimum Gasteiger partial charge on any atom is -0.479 e. The third kappa shape index (κ3) is 16.2. The van der Waals surface area contributed by atoms with E-state index >= 15 is 4.79 Å². The number of aromatic hydroxyl groups is 1. The first-order valence-electron chi connectivity index (χ1n) is 35.4. The van der Waals surface area contributed by atoms with E-state index in [1.54, 1.807) is 0 Å². The molecule has 50 heteroatoms. The Hall–Kier alpha value is -15.1. The van der Waals surface area contributed by atoms with E-state index in [-0.39, 0.29) is 84.3 Å². The van der Waals surface area contributed by atoms with Gasteiger partial charge in [0.1, 0.15) is 25.3 Å². The summed E-state index contributed by atoms with van der Waals surface area (Å²) < 4.78 is 226. The second-order valence-corrected chi connectivity index (χ2v) is 35.8. The SMILES string of the molecule is Cn1c(=O)c(C(=O)c2cccc(S(=O)(=O)O)c2)c2c3c(c(Nc4cc(Nc5nc(O)nc(NCCNc6nc(Nc7cc(Nc8ccc9c%10c8C(=O)c8ccccc8-c%10c(C(=O)c8cccc(S(=O)(=O)O)c8)c(=O)n9C)c(S(=O)(=O)O)cc7S(=O)(=O)O)nc(Oc7cc(C(=O)O)cc(C(=O)O)c7)n6)n5)c(S(=O)(=O)O)cc4S(=O)(=O)O)ccc31)C(=O)c1ccccc1-2. The Morgan fingerprint density at radius 1 is 0.365 bits per heavy atom. The molecule has 9 aromatic carbocycles. The number of carbonyl (C=O) groups is 6. The van der Waals surface area contributed by atoms with E-state index in [1.807, 2.05) is 0 Å². The Balaban J connectivity index is 0.769. The fraction of sp³-hybridized carbons (Fsp3) is 0.0526. The van der Waals surface area contributed by atoms with Crippen LogP contribution in [-0.4, -0.2) is 180 Å². The number of nitrogens with one attached hydrogen (secondary N) is 6. The Bertz CT molecular complexity index is 8000. The molecule has 0 saturated heterocycles. The van der Waals surface area contributed by atoms with Crippen molar-refractivity contribution in [2.24, 2.45) is 14.1 Å². The number of ketones is 4. The lowest BCUT2D eigenvalue weighted by Gasteiger charge is -2.26. The second kappa shape index (κ2) is 31.3. The van der Waals surface area contributed by atoms with Crippen molar-refractivity contribution >= 4 is 176 Å². The molecule has 0 unspecified atom stereocenters. The lowest BCUT2D eigenvalue weighted by molar-refractivity contribution is 0.0694. The third-order valence-corrected chi connectivity index (χ3v) is 24.8. The minimum atomic E-state index is -5.71. The number of anilines is 10. The quantitative estimate of drug-likeness (QED) is 0.0134. The number of aromatic nitrogens is 8. The van der Waals surface area contributed by atoms with Crippen LogP contribution in [0.1, 0.15) is 84.4 Å². The summed E-state index contributed by atoms with van der Waals surface area (Å²) in [5.41, 5.74) is -10.9. The average molecular weight is 1830 g/mol. The molecular formula is C76H52N14O30S6. The number of ether oxygens (including phenoxy) is 1. The first kappa shape index (κ1) is 85.9. The third-order valence-electron chi connectivity index (χ3n) is 19.6. The molecule has 15 N–H and O–H groups in total. The summed E-state index contributed by atoms with van der Waals surface area (Å²) in [7, 11) is -30.0. The minimum absolute atomic E-state index is 0.00341. The number of aromatic carboxylic acids is 2. The zero-order valence-electron chi connectivity index (χ0n) is 63.1. The van der Waals surface area contributed by atoms with E-state index in [1.165, 1.54) is 80.8 Å². The Labute approximate surface area is 705 Å². The average Bonchev–Trinajstić information content (AvgIpc) is 0.708. The van der Waals surface area contributed by atoms with Gasteiger partial charge in [0.25, 0.3) is 71.8 Å². The summed E-state index contributed by atoms with van der Waals surface area (Å²) >= 11 is 0. The largest absolute Gasteiger partial charge is 0.479 e. The number of nitrogens with zero attached hydrogens (tertiary/aromatic N) is 8. The van der Waals surface area contributed by atoms with Crippen LogP contribution in [0.25, 0.3) is 44.1 Å². The van der Waals surface area contributed by atoms with Gasteiger partial charge in [0.05, 0.1) is 88.3 Å². The predicted molar refractivity (Wildman–Crippen MR) is 439 cm³/mol. The van der Waals surface area contributed by atoms with Crippen LogP contribution in [-0.2, 0) is 74.8 Å². The predicted octanol–water partition coefficient (Wildman–Crippen LogP) is 7.52. The van der Waals surface area contributed by atoms with Crippen LogP contribution < -0.4 is 47.8 Å². The van der Waals surface area contributed by atoms with Crippen LogP contribution in [0.5, 0.6) is 17.8 Å². The summed E-state index contributed by atoms with van der Waals surface area (Å²) in [5.74, 6) is -10.7. The molecule has 126 heavy (non-hydrogen) atoms. The fourth-order valence-corrected chi connectivity index (χ4v) is 18.0. The number of rotatable bonds is 27. The van der Waals surface area contributed by atoms with E-state index in [4.69, 9.17) is 4.74 Å². The number of hydrogen-bond donors (Lipinski definition) is 15. The fourth-order valence-electron chi connectivity index (χ4n) is 14.2. The van der Waals surface area contributed by atoms with Crippen LogP contribution in [0, 0.1) is 0 Å². The van der Waals surface area contributed by atoms with Crippen molar-refractivity contribution in [2.75, 3.05) is 45.0 Å². The van der Waals surface area contributed by atoms with E-state index in [0.717, 1.165) is 81.9 Å². The Kier molecular flexibility index (Phi) is 21.4. The van der Waals surface area contributed by atoms with Gasteiger partial charge in [0, 0.05) is 71.3 Å². The van der Waals surface area contributed by atoms with Gasteiger partial charge in [-0.25, -0.2) is 9.59 Å². The van der Waals surface area contributed by atoms with Crippen molar-refractivity contribution in [1.82, 2.24) is 39.0 Å². The van der Waals surface area contributed by atoms with E-state index in [0.29, 0.717) is 12.1 Å². The van der Waals surface area contributed by atoms with E-state index < -0.39 is 253 Å². The molecule has 0 radical (unpaired) electrons. The number of aryl methyl sites for hydroxylation is 2. The van der Waals surface area contributed by atoms with Crippen molar-refractivity contribution in [1.29, 1.82) is 0 Å². The number of carbonyl (C=O) groups excluding carboxylic acids is 4. The molecule has 0 atom stereocenters. The molecule has 44 nitrogen and oxygen atoms in total. The molecule has 0 saturated carbocycles. The van der Waals surface area contributed by atoms with Crippen molar-refractivity contribution in [3.8, 4) is 40.0 Å². The van der Waals surface area contributed by atoms with E-state index in [9.17, 15) is 127 Å². The Morgan fingerprint density at radius 3 is 1.10 bits per heavy atom. The summed E-state index contributed by atoms with van der Waals surface area (Å²) in [6.07, 6.45) is 0. The molecule has 0 aliphatic heterocycles. The van der Waals surface area contributed by atoms with Gasteiger partial charge in [0.15, 0.2) is 23.1 Å². The number of pyridine rings is 2. The monoisotopic (exact) mass is 1830 g/mol. The number of hydrogen-bond acceptors (Lipinski definition) is 34. The molecule has 0 amide bonds. The van der Waals surface area contributed by atoms with Crippen molar-refractivity contribution < 1.29 is 127 Å². The highest BCUT2D eigenvalue weighted by Gasteiger charge is 2.39. The van der Waals surface area contributed by atoms with Gasteiger partial charge >= 0.3 is 24.0 Å². The molecule has 15 rings (SSSR count). The zero-order chi connectivity index (χ0) is 90.8. The molecule has 4 heterocycles. The summed E-state index contributed by atoms with van der Waals surface area (Å²) in [4.78, 5) is 130. The maximum atomic E-state index is 15.0. The van der Waals surface area contributed by atoms with Gasteiger partial charge in [-0.3, -0.25) is 56.1 Å². The molecule has 0 bridgehead atoms. The van der Waals surface area contributed by atoms with Crippen LogP contribution in [0.15, 0.2) is 203 Å². The molecule has 13 aromatic rings. The smallest absolute Gasteiger partial charge is 0.335 e. The highest BCUT2D eigenvalue weighted by atomic mass is 32.2. The number of benzene rings is 9. The van der Waals surface area contributed by atoms with Crippen LogP contribution in [0.4, 0.5) is 57.9 Å². The number of carboxylic acid groups (broad SMARTS) is 2. The standard InChI is InChI=1S/C76H52N14O30S6/c1-89-49-19-17-43(57-59(49)55(39-13-3-5-15-41(39)65(57)93)61(67(89)95)63(91)32-9-7-11-37(26-32)121(102,103)104)79-45-28-47(53(125(114,115)116)30-51(45)123(108,109)110)81-73-83-71(85-75(101)86-73)77-21-22-78-72-84-74(88-76(87-72)120-36-24-34(69(97)98)23-35(25-36)70(99)100)82-48-29-46(52(124(111,112)113)31-54(48)126(117,118)119)80-44-18-20-50-60-56(40-14-4-6-16-42(40)66(94)58(44)60)62(68(96)90(50)2)64(92)33-10-8-12-38(27-33)122(105,106)107/h3-20,23-31,79-80H,21-22H2,1-2H3,(H,97,98)(H,99,100)(H,102,103,104)(H,105,106,107)(H,108,109,110)(H,111,112,113)(H,114,115,116)(H,117,118,119)(H2,78,82,84,87,88)(H3,77,81,83,85,86,101). The second-order valence-electron chi connectivity index (χ2n) is 27.4. The lowest BCUT2D eigenvalue weighted by atomic mass is 9.80. The topological polar surface area (TPSA) is 692 Å². The highest BCUT2D eigenvalue weighted by molar-refractivity contribution is 7.87. The van der Waals surface area contributed by atoms with Crippen LogP contribution in [0.2, 0.25) is 0 Å². The van der Waals surface area contributed by atoms with Crippen LogP contribution in [0.3, 0.4) is 0 Å².